The van der Waals surface area contributed by atoms with E-state index in [-0.39, 0.29) is 10.7 Å². The maximum absolute atomic E-state index is 11.4. The Morgan fingerprint density at radius 1 is 1.57 bits per heavy atom. The lowest BCUT2D eigenvalue weighted by Gasteiger charge is -2.08. The van der Waals surface area contributed by atoms with E-state index in [0.29, 0.717) is 0 Å². The fourth-order valence-electron chi connectivity index (χ4n) is 0.825. The van der Waals surface area contributed by atoms with Crippen molar-refractivity contribution >= 4 is 66.0 Å². The highest BCUT2D eigenvalue weighted by Gasteiger charge is 2.10. The molecule has 1 rings (SSSR count). The molecule has 0 heterocycles. The molecule has 14 heavy (non-hydrogen) atoms. The second-order valence-corrected chi connectivity index (χ2v) is 6.18. The van der Waals surface area contributed by atoms with Gasteiger partial charge in [0.15, 0.2) is 0 Å². The molecule has 0 fully saturated rings. The fraction of sp³-hybridized carbons (Fsp3) is 0.222. The molecule has 76 valence electrons. The van der Waals surface area contributed by atoms with E-state index >= 15 is 0 Å². The zero-order valence-corrected chi connectivity index (χ0v) is 12.7. The summed E-state index contributed by atoms with van der Waals surface area (Å²) in [5.74, 6) is -0.0407. The van der Waals surface area contributed by atoms with Crippen molar-refractivity contribution in [1.82, 2.24) is 0 Å². The van der Waals surface area contributed by atoms with Crippen LogP contribution in [0.15, 0.2) is 22.7 Å². The number of benzene rings is 1. The van der Waals surface area contributed by atoms with Crippen molar-refractivity contribution in [3.05, 3.63) is 26.2 Å². The summed E-state index contributed by atoms with van der Waals surface area (Å²) < 4.78 is 1.97. The first-order valence-corrected chi connectivity index (χ1v) is 6.69. The number of carbonyl (C=O) groups is 1. The van der Waals surface area contributed by atoms with Gasteiger partial charge in [-0.25, -0.2) is 0 Å². The maximum atomic E-state index is 11.4. The lowest BCUT2D eigenvalue weighted by molar-refractivity contribution is -0.115. The third-order valence-corrected chi connectivity index (χ3v) is 3.40. The van der Waals surface area contributed by atoms with E-state index in [1.54, 1.807) is 6.92 Å². The van der Waals surface area contributed by atoms with Crippen molar-refractivity contribution in [2.24, 2.45) is 0 Å². The average Bonchev–Trinajstić information content (AvgIpc) is 2.11. The van der Waals surface area contributed by atoms with Gasteiger partial charge in [0.1, 0.15) is 0 Å². The summed E-state index contributed by atoms with van der Waals surface area (Å²) in [5.41, 5.74) is 0.830. The number of carbonyl (C=O) groups excluding carboxylic acids is 1. The largest absolute Gasteiger partial charge is 0.324 e. The molecule has 0 saturated heterocycles. The molecule has 0 aliphatic carbocycles. The molecular formula is C9H8Br2INO. The Bertz CT molecular complexity index is 355. The Balaban J connectivity index is 2.86. The SMILES string of the molecule is CC(Br)C(=O)Nc1cc(Br)ccc1I. The first-order chi connectivity index (χ1) is 6.50. The molecule has 0 aliphatic rings. The van der Waals surface area contributed by atoms with E-state index < -0.39 is 0 Å². The van der Waals surface area contributed by atoms with Crippen LogP contribution in [-0.2, 0) is 4.79 Å². The number of nitrogens with one attached hydrogen (secondary N) is 1. The lowest BCUT2D eigenvalue weighted by atomic mass is 10.3. The fourth-order valence-corrected chi connectivity index (χ4v) is 1.77. The summed E-state index contributed by atoms with van der Waals surface area (Å²) in [7, 11) is 0. The van der Waals surface area contributed by atoms with E-state index in [9.17, 15) is 4.79 Å². The van der Waals surface area contributed by atoms with Crippen molar-refractivity contribution in [3.63, 3.8) is 0 Å². The maximum Gasteiger partial charge on any atom is 0.237 e. The summed E-state index contributed by atoms with van der Waals surface area (Å²) in [6.07, 6.45) is 0. The van der Waals surface area contributed by atoms with Crippen LogP contribution in [0.5, 0.6) is 0 Å². The quantitative estimate of drug-likeness (QED) is 0.559. The molecule has 2 nitrogen and oxygen atoms in total. The number of amides is 1. The highest BCUT2D eigenvalue weighted by molar-refractivity contribution is 14.1. The van der Waals surface area contributed by atoms with E-state index in [1.807, 2.05) is 18.2 Å². The van der Waals surface area contributed by atoms with Gasteiger partial charge in [-0.2, -0.15) is 0 Å². The first kappa shape index (κ1) is 12.4. The van der Waals surface area contributed by atoms with Crippen LogP contribution in [0.3, 0.4) is 0 Å². The smallest absolute Gasteiger partial charge is 0.237 e. The van der Waals surface area contributed by atoms with Gasteiger partial charge in [-0.1, -0.05) is 31.9 Å². The van der Waals surface area contributed by atoms with E-state index in [2.05, 4.69) is 59.8 Å². The second-order valence-electron chi connectivity index (χ2n) is 2.73. The van der Waals surface area contributed by atoms with Gasteiger partial charge in [0.05, 0.1) is 10.5 Å². The number of anilines is 1. The predicted octanol–water partition coefficient (Wildman–Crippen LogP) is 3.78. The predicted molar refractivity (Wildman–Crippen MR) is 73.9 cm³/mol. The van der Waals surface area contributed by atoms with E-state index in [0.717, 1.165) is 13.7 Å². The van der Waals surface area contributed by atoms with Crippen molar-refractivity contribution in [1.29, 1.82) is 0 Å². The molecule has 1 atom stereocenters. The number of alkyl halides is 1. The Morgan fingerprint density at radius 2 is 2.21 bits per heavy atom. The standard InChI is InChI=1S/C9H8Br2INO/c1-5(10)9(14)13-8-4-6(11)2-3-7(8)12/h2-5H,1H3,(H,13,14). The molecule has 0 bridgehead atoms. The Labute approximate surface area is 113 Å². The minimum absolute atomic E-state index is 0.0407. The Morgan fingerprint density at radius 3 is 2.79 bits per heavy atom. The third kappa shape index (κ3) is 3.51. The molecule has 0 spiro atoms. The summed E-state index contributed by atoms with van der Waals surface area (Å²) in [6.45, 7) is 1.79. The lowest BCUT2D eigenvalue weighted by Crippen LogP contribution is -2.20. The van der Waals surface area contributed by atoms with Gasteiger partial charge in [-0.15, -0.1) is 0 Å². The highest BCUT2D eigenvalue weighted by atomic mass is 127. The van der Waals surface area contributed by atoms with Gasteiger partial charge in [-0.3, -0.25) is 4.79 Å². The van der Waals surface area contributed by atoms with Crippen LogP contribution < -0.4 is 5.32 Å². The number of hydrogen-bond acceptors (Lipinski definition) is 1. The van der Waals surface area contributed by atoms with Crippen LogP contribution in [-0.4, -0.2) is 10.7 Å². The monoisotopic (exact) mass is 431 g/mol. The van der Waals surface area contributed by atoms with Gasteiger partial charge < -0.3 is 5.32 Å². The van der Waals surface area contributed by atoms with Crippen LogP contribution in [0, 0.1) is 3.57 Å². The number of hydrogen-bond donors (Lipinski definition) is 1. The molecule has 0 saturated carbocycles. The molecule has 0 radical (unpaired) electrons. The van der Waals surface area contributed by atoms with Gasteiger partial charge in [-0.05, 0) is 47.7 Å². The van der Waals surface area contributed by atoms with Gasteiger partial charge in [0, 0.05) is 8.04 Å². The second kappa shape index (κ2) is 5.46. The Kier molecular flexibility index (Phi) is 4.86. The zero-order chi connectivity index (χ0) is 10.7. The van der Waals surface area contributed by atoms with Crippen LogP contribution in [0.4, 0.5) is 5.69 Å². The molecule has 0 aromatic heterocycles. The molecular weight excluding hydrogens is 425 g/mol. The summed E-state index contributed by atoms with van der Waals surface area (Å²) in [6, 6.07) is 5.77. The molecule has 1 unspecified atom stereocenters. The summed E-state index contributed by atoms with van der Waals surface area (Å²) in [5, 5.41) is 2.83. The van der Waals surface area contributed by atoms with Crippen molar-refractivity contribution in [3.8, 4) is 0 Å². The zero-order valence-electron chi connectivity index (χ0n) is 7.35. The van der Waals surface area contributed by atoms with Crippen molar-refractivity contribution in [2.75, 3.05) is 5.32 Å². The Hall–Kier alpha value is 0.380. The first-order valence-electron chi connectivity index (χ1n) is 3.90. The van der Waals surface area contributed by atoms with Gasteiger partial charge >= 0.3 is 0 Å². The summed E-state index contributed by atoms with van der Waals surface area (Å²) >= 11 is 8.75. The third-order valence-electron chi connectivity index (χ3n) is 1.55. The summed E-state index contributed by atoms with van der Waals surface area (Å²) in [4.78, 5) is 11.2. The molecule has 1 amide bonds. The molecule has 0 aliphatic heterocycles. The number of rotatable bonds is 2. The highest BCUT2D eigenvalue weighted by Crippen LogP contribution is 2.23. The van der Waals surface area contributed by atoms with Crippen LogP contribution in [0.25, 0.3) is 0 Å². The molecule has 1 N–H and O–H groups in total. The minimum atomic E-state index is -0.183. The topological polar surface area (TPSA) is 29.1 Å². The van der Waals surface area contributed by atoms with Crippen LogP contribution >= 0.6 is 54.5 Å². The van der Waals surface area contributed by atoms with Crippen molar-refractivity contribution < 1.29 is 4.79 Å². The number of halogens is 3. The minimum Gasteiger partial charge on any atom is -0.324 e. The average molecular weight is 433 g/mol. The van der Waals surface area contributed by atoms with Gasteiger partial charge in [0.25, 0.3) is 0 Å². The van der Waals surface area contributed by atoms with E-state index in [4.69, 9.17) is 0 Å². The van der Waals surface area contributed by atoms with Gasteiger partial charge in [0.2, 0.25) is 5.91 Å². The normalized spacial score (nSPS) is 12.3. The van der Waals surface area contributed by atoms with Crippen LogP contribution in [0.2, 0.25) is 0 Å². The van der Waals surface area contributed by atoms with Crippen LogP contribution in [0.1, 0.15) is 6.92 Å². The van der Waals surface area contributed by atoms with E-state index in [1.165, 1.54) is 0 Å². The molecule has 1 aromatic carbocycles. The van der Waals surface area contributed by atoms with Crippen molar-refractivity contribution in [2.45, 2.75) is 11.8 Å². The molecule has 5 heteroatoms. The molecule has 1 aromatic rings.